The molecule has 17 heavy (non-hydrogen) atoms. The first kappa shape index (κ1) is 11.9. The Balaban J connectivity index is 2.24. The van der Waals surface area contributed by atoms with Gasteiger partial charge in [0, 0.05) is 11.6 Å². The molecule has 4 heteroatoms. The summed E-state index contributed by atoms with van der Waals surface area (Å²) in [6.45, 7) is 0. The first-order valence-corrected chi connectivity index (χ1v) is 5.77. The number of para-hydroxylation sites is 1. The van der Waals surface area contributed by atoms with E-state index in [9.17, 15) is 0 Å². The van der Waals surface area contributed by atoms with Gasteiger partial charge >= 0.3 is 0 Å². The first-order chi connectivity index (χ1) is 8.16. The van der Waals surface area contributed by atoms with E-state index in [0.29, 0.717) is 16.3 Å². The van der Waals surface area contributed by atoms with E-state index in [1.165, 1.54) is 0 Å². The molecule has 0 bridgehead atoms. The van der Waals surface area contributed by atoms with E-state index in [-0.39, 0.29) is 4.99 Å². The van der Waals surface area contributed by atoms with Crippen molar-refractivity contribution >= 4 is 28.8 Å². The standard InChI is InChI=1S/C13H10ClNOS/c14-12-8-10(6-7-11(12)13(15)17)16-9-4-2-1-3-5-9/h1-8H,(H2,15,17). The Morgan fingerprint density at radius 2 is 1.76 bits per heavy atom. The fraction of sp³-hybridized carbons (Fsp3) is 0. The lowest BCUT2D eigenvalue weighted by atomic mass is 10.2. The molecule has 0 heterocycles. The molecular formula is C13H10ClNOS. The van der Waals surface area contributed by atoms with E-state index < -0.39 is 0 Å². The molecular weight excluding hydrogens is 254 g/mol. The Bertz CT molecular complexity index is 542. The van der Waals surface area contributed by atoms with Crippen molar-refractivity contribution in [3.8, 4) is 11.5 Å². The maximum atomic E-state index is 6.04. The normalized spacial score (nSPS) is 9.94. The Labute approximate surface area is 110 Å². The van der Waals surface area contributed by atoms with Gasteiger partial charge in [-0.1, -0.05) is 42.0 Å². The zero-order valence-corrected chi connectivity index (χ0v) is 10.5. The average molecular weight is 264 g/mol. The minimum absolute atomic E-state index is 0.279. The molecule has 0 aliphatic heterocycles. The number of benzene rings is 2. The van der Waals surface area contributed by atoms with Crippen molar-refractivity contribution in [3.63, 3.8) is 0 Å². The molecule has 0 amide bonds. The Kier molecular flexibility index (Phi) is 3.61. The van der Waals surface area contributed by atoms with Crippen molar-refractivity contribution in [2.45, 2.75) is 0 Å². The lowest BCUT2D eigenvalue weighted by Crippen LogP contribution is -2.09. The lowest BCUT2D eigenvalue weighted by Gasteiger charge is -2.07. The maximum absolute atomic E-state index is 6.04. The molecule has 0 atom stereocenters. The van der Waals surface area contributed by atoms with Gasteiger partial charge in [-0.05, 0) is 24.3 Å². The molecule has 0 saturated carbocycles. The number of hydrogen-bond donors (Lipinski definition) is 1. The largest absolute Gasteiger partial charge is 0.457 e. The van der Waals surface area contributed by atoms with Crippen LogP contribution in [0.5, 0.6) is 11.5 Å². The van der Waals surface area contributed by atoms with E-state index in [0.717, 1.165) is 5.75 Å². The molecule has 86 valence electrons. The summed E-state index contributed by atoms with van der Waals surface area (Å²) in [5, 5.41) is 0.492. The first-order valence-electron chi connectivity index (χ1n) is 4.99. The highest BCUT2D eigenvalue weighted by molar-refractivity contribution is 7.80. The maximum Gasteiger partial charge on any atom is 0.128 e. The van der Waals surface area contributed by atoms with E-state index >= 15 is 0 Å². The topological polar surface area (TPSA) is 35.2 Å². The summed E-state index contributed by atoms with van der Waals surface area (Å²) in [4.78, 5) is 0.279. The number of ether oxygens (including phenoxy) is 1. The predicted molar refractivity (Wildman–Crippen MR) is 73.9 cm³/mol. The van der Waals surface area contributed by atoms with Gasteiger partial charge < -0.3 is 10.5 Å². The lowest BCUT2D eigenvalue weighted by molar-refractivity contribution is 0.482. The Hall–Kier alpha value is -1.58. The summed E-state index contributed by atoms with van der Waals surface area (Å²) < 4.78 is 5.63. The summed E-state index contributed by atoms with van der Waals surface area (Å²) in [6, 6.07) is 14.7. The second kappa shape index (κ2) is 5.17. The summed E-state index contributed by atoms with van der Waals surface area (Å²) in [5.41, 5.74) is 6.18. The zero-order chi connectivity index (χ0) is 12.3. The van der Waals surface area contributed by atoms with Crippen molar-refractivity contribution in [1.29, 1.82) is 0 Å². The van der Waals surface area contributed by atoms with Crippen molar-refractivity contribution in [2.24, 2.45) is 5.73 Å². The van der Waals surface area contributed by atoms with E-state index in [4.69, 9.17) is 34.3 Å². The van der Waals surface area contributed by atoms with Gasteiger partial charge in [0.25, 0.3) is 0 Å². The van der Waals surface area contributed by atoms with Gasteiger partial charge in [-0.3, -0.25) is 0 Å². The molecule has 0 aromatic heterocycles. The van der Waals surface area contributed by atoms with Crippen LogP contribution in [0.1, 0.15) is 5.56 Å². The third-order valence-electron chi connectivity index (χ3n) is 2.18. The monoisotopic (exact) mass is 263 g/mol. The molecule has 0 aliphatic rings. The molecule has 0 saturated heterocycles. The summed E-state index contributed by atoms with van der Waals surface area (Å²) in [6.07, 6.45) is 0. The second-order valence-corrected chi connectivity index (χ2v) is 4.27. The summed E-state index contributed by atoms with van der Waals surface area (Å²) >= 11 is 10.9. The molecule has 2 aromatic rings. The highest BCUT2D eigenvalue weighted by atomic mass is 35.5. The van der Waals surface area contributed by atoms with Crippen LogP contribution in [0.4, 0.5) is 0 Å². The number of hydrogen-bond acceptors (Lipinski definition) is 2. The summed E-state index contributed by atoms with van der Waals surface area (Å²) in [5.74, 6) is 1.41. The predicted octanol–water partition coefficient (Wildman–Crippen LogP) is 3.77. The highest BCUT2D eigenvalue weighted by Gasteiger charge is 2.05. The smallest absolute Gasteiger partial charge is 0.128 e. The van der Waals surface area contributed by atoms with Crippen LogP contribution in [-0.2, 0) is 0 Å². The van der Waals surface area contributed by atoms with Crippen LogP contribution in [0.2, 0.25) is 5.02 Å². The molecule has 2 aromatic carbocycles. The van der Waals surface area contributed by atoms with Gasteiger partial charge in [0.1, 0.15) is 16.5 Å². The number of rotatable bonds is 3. The third kappa shape index (κ3) is 2.96. The van der Waals surface area contributed by atoms with Crippen molar-refractivity contribution < 1.29 is 4.74 Å². The quantitative estimate of drug-likeness (QED) is 0.857. The van der Waals surface area contributed by atoms with Crippen LogP contribution in [0.15, 0.2) is 48.5 Å². The van der Waals surface area contributed by atoms with Crippen LogP contribution < -0.4 is 10.5 Å². The Morgan fingerprint density at radius 3 is 2.35 bits per heavy atom. The van der Waals surface area contributed by atoms with Crippen LogP contribution in [0.3, 0.4) is 0 Å². The van der Waals surface area contributed by atoms with Gasteiger partial charge in [0.2, 0.25) is 0 Å². The van der Waals surface area contributed by atoms with Crippen LogP contribution in [0.25, 0.3) is 0 Å². The molecule has 2 rings (SSSR count). The molecule has 0 unspecified atom stereocenters. The van der Waals surface area contributed by atoms with Gasteiger partial charge in [-0.2, -0.15) is 0 Å². The van der Waals surface area contributed by atoms with E-state index in [2.05, 4.69) is 0 Å². The molecule has 2 N–H and O–H groups in total. The van der Waals surface area contributed by atoms with Crippen LogP contribution in [-0.4, -0.2) is 4.99 Å². The SMILES string of the molecule is NC(=S)c1ccc(Oc2ccccc2)cc1Cl. The molecule has 0 fully saturated rings. The van der Waals surface area contributed by atoms with Gasteiger partial charge in [-0.15, -0.1) is 0 Å². The van der Waals surface area contributed by atoms with E-state index in [1.54, 1.807) is 18.2 Å². The molecule has 0 spiro atoms. The van der Waals surface area contributed by atoms with Crippen molar-refractivity contribution in [3.05, 3.63) is 59.1 Å². The fourth-order valence-corrected chi connectivity index (χ4v) is 1.89. The minimum Gasteiger partial charge on any atom is -0.457 e. The Morgan fingerprint density at radius 1 is 1.06 bits per heavy atom. The van der Waals surface area contributed by atoms with Gasteiger partial charge in [-0.25, -0.2) is 0 Å². The third-order valence-corrected chi connectivity index (χ3v) is 2.72. The average Bonchev–Trinajstić information content (AvgIpc) is 2.30. The summed E-state index contributed by atoms with van der Waals surface area (Å²) in [7, 11) is 0. The zero-order valence-electron chi connectivity index (χ0n) is 8.89. The number of nitrogens with two attached hydrogens (primary N) is 1. The van der Waals surface area contributed by atoms with Gasteiger partial charge in [0.15, 0.2) is 0 Å². The fourth-order valence-electron chi connectivity index (χ4n) is 1.38. The van der Waals surface area contributed by atoms with Gasteiger partial charge in [0.05, 0.1) is 5.02 Å². The molecule has 2 nitrogen and oxygen atoms in total. The highest BCUT2D eigenvalue weighted by Crippen LogP contribution is 2.26. The van der Waals surface area contributed by atoms with Crippen molar-refractivity contribution in [1.82, 2.24) is 0 Å². The number of thiocarbonyl (C=S) groups is 1. The molecule has 0 radical (unpaired) electrons. The van der Waals surface area contributed by atoms with Crippen LogP contribution >= 0.6 is 23.8 Å². The van der Waals surface area contributed by atoms with Crippen LogP contribution in [0, 0.1) is 0 Å². The second-order valence-electron chi connectivity index (χ2n) is 3.42. The number of halogens is 1. The molecule has 0 aliphatic carbocycles. The minimum atomic E-state index is 0.279. The van der Waals surface area contributed by atoms with Crippen molar-refractivity contribution in [2.75, 3.05) is 0 Å². The van der Waals surface area contributed by atoms with E-state index in [1.807, 2.05) is 30.3 Å².